The van der Waals surface area contributed by atoms with Crippen molar-refractivity contribution in [1.82, 2.24) is 14.8 Å². The van der Waals surface area contributed by atoms with E-state index in [9.17, 15) is 4.79 Å². The van der Waals surface area contributed by atoms with Gasteiger partial charge in [0.05, 0.1) is 5.56 Å². The third-order valence-electron chi connectivity index (χ3n) is 5.68. The van der Waals surface area contributed by atoms with Gasteiger partial charge in [0.2, 0.25) is 0 Å². The summed E-state index contributed by atoms with van der Waals surface area (Å²) in [5.41, 5.74) is 1.62. The molecule has 158 valence electrons. The minimum atomic E-state index is -0.181. The Bertz CT molecular complexity index is 920. The Kier molecular flexibility index (Phi) is 6.93. The van der Waals surface area contributed by atoms with Crippen LogP contribution in [0.15, 0.2) is 54.0 Å². The number of ether oxygens (including phenoxy) is 1. The van der Waals surface area contributed by atoms with Crippen LogP contribution >= 0.6 is 23.2 Å². The van der Waals surface area contributed by atoms with Gasteiger partial charge in [-0.3, -0.25) is 14.7 Å². The maximum atomic E-state index is 12.9. The Morgan fingerprint density at radius 1 is 1.13 bits per heavy atom. The molecular weight excluding hydrogens is 421 g/mol. The largest absolute Gasteiger partial charge is 0.461 e. The van der Waals surface area contributed by atoms with Crippen LogP contribution in [0.4, 0.5) is 0 Å². The van der Waals surface area contributed by atoms with Crippen molar-refractivity contribution in [2.24, 2.45) is 0 Å². The van der Waals surface area contributed by atoms with Crippen LogP contribution in [0.5, 0.6) is 5.75 Å². The molecule has 2 aliphatic rings. The van der Waals surface area contributed by atoms with Gasteiger partial charge in [0.1, 0.15) is 17.2 Å². The summed E-state index contributed by atoms with van der Waals surface area (Å²) in [5, 5.41) is 0.789. The Morgan fingerprint density at radius 3 is 2.83 bits per heavy atom. The van der Waals surface area contributed by atoms with Gasteiger partial charge >= 0.3 is 0 Å². The van der Waals surface area contributed by atoms with Gasteiger partial charge in [-0.05, 0) is 69.1 Å². The molecule has 1 unspecified atom stereocenters. The first-order valence-corrected chi connectivity index (χ1v) is 11.1. The second kappa shape index (κ2) is 9.82. The number of benzene rings is 1. The number of likely N-dealkylation sites (tertiary alicyclic amines) is 1. The zero-order valence-electron chi connectivity index (χ0n) is 16.8. The van der Waals surface area contributed by atoms with E-state index in [1.54, 1.807) is 23.1 Å². The highest BCUT2D eigenvalue weighted by Gasteiger charge is 2.26. The number of carbonyl (C=O) groups is 1. The lowest BCUT2D eigenvalue weighted by Crippen LogP contribution is -2.36. The van der Waals surface area contributed by atoms with E-state index in [1.165, 1.54) is 24.8 Å². The Morgan fingerprint density at radius 2 is 2.00 bits per heavy atom. The molecule has 0 spiro atoms. The molecule has 2 aromatic rings. The molecule has 0 saturated carbocycles. The lowest BCUT2D eigenvalue weighted by atomic mass is 9.94. The van der Waals surface area contributed by atoms with Crippen LogP contribution < -0.4 is 4.74 Å². The van der Waals surface area contributed by atoms with Crippen molar-refractivity contribution >= 4 is 29.1 Å². The first-order valence-electron chi connectivity index (χ1n) is 10.4. The summed E-state index contributed by atoms with van der Waals surface area (Å²) in [4.78, 5) is 21.5. The topological polar surface area (TPSA) is 45.7 Å². The summed E-state index contributed by atoms with van der Waals surface area (Å²) < 4.78 is 5.54. The average molecular weight is 446 g/mol. The number of unbranched alkanes of at least 4 members (excludes halogenated alkanes) is 1. The van der Waals surface area contributed by atoms with E-state index in [0.717, 1.165) is 32.5 Å². The van der Waals surface area contributed by atoms with Crippen molar-refractivity contribution < 1.29 is 9.53 Å². The fourth-order valence-electron chi connectivity index (χ4n) is 4.12. The lowest BCUT2D eigenvalue weighted by Gasteiger charge is -2.32. The van der Waals surface area contributed by atoms with Gasteiger partial charge < -0.3 is 9.64 Å². The fourth-order valence-corrected chi connectivity index (χ4v) is 4.50. The highest BCUT2D eigenvalue weighted by molar-refractivity contribution is 6.32. The van der Waals surface area contributed by atoms with Crippen LogP contribution in [0, 0.1) is 0 Å². The molecule has 0 aliphatic carbocycles. The zero-order chi connectivity index (χ0) is 20.9. The quantitative estimate of drug-likeness (QED) is 0.448. The van der Waals surface area contributed by atoms with E-state index in [-0.39, 0.29) is 5.91 Å². The summed E-state index contributed by atoms with van der Waals surface area (Å²) in [6.45, 7) is 3.71. The first kappa shape index (κ1) is 21.2. The number of carbonyl (C=O) groups excluding carboxylic acids is 1. The predicted octanol–water partition coefficient (Wildman–Crippen LogP) is 5.27. The second-order valence-electron chi connectivity index (χ2n) is 7.76. The molecule has 3 heterocycles. The normalized spacial score (nSPS) is 19.7. The number of amides is 1. The van der Waals surface area contributed by atoms with Gasteiger partial charge in [-0.2, -0.15) is 0 Å². The van der Waals surface area contributed by atoms with Crippen molar-refractivity contribution in [2.45, 2.75) is 31.6 Å². The van der Waals surface area contributed by atoms with Gasteiger partial charge in [-0.25, -0.2) is 0 Å². The Balaban J connectivity index is 1.30. The zero-order valence-corrected chi connectivity index (χ0v) is 18.3. The number of halogens is 2. The van der Waals surface area contributed by atoms with E-state index < -0.39 is 0 Å². The van der Waals surface area contributed by atoms with Crippen LogP contribution in [0.3, 0.4) is 0 Å². The molecule has 7 heteroatoms. The summed E-state index contributed by atoms with van der Waals surface area (Å²) in [6.07, 6.45) is 7.52. The standard InChI is InChI=1S/C23H25Cl2N3O2/c24-18-8-9-21-19(14-18)23(29)28(22(25)16-30-21)13-4-3-11-27-12-5-6-17(15-27)20-7-1-2-10-26-20/h1-2,7-10,14,16-17H,3-6,11-13,15H2. The molecule has 1 aromatic heterocycles. The summed E-state index contributed by atoms with van der Waals surface area (Å²) >= 11 is 12.4. The molecule has 2 aliphatic heterocycles. The smallest absolute Gasteiger partial charge is 0.262 e. The molecule has 1 aromatic carbocycles. The van der Waals surface area contributed by atoms with Crippen molar-refractivity contribution in [3.63, 3.8) is 0 Å². The summed E-state index contributed by atoms with van der Waals surface area (Å²) in [6, 6.07) is 11.2. The Labute approximate surface area is 187 Å². The molecule has 4 rings (SSSR count). The monoisotopic (exact) mass is 445 g/mol. The molecule has 1 atom stereocenters. The number of aromatic nitrogens is 1. The maximum Gasteiger partial charge on any atom is 0.262 e. The van der Waals surface area contributed by atoms with E-state index in [4.69, 9.17) is 27.9 Å². The number of hydrogen-bond donors (Lipinski definition) is 0. The highest BCUT2D eigenvalue weighted by Crippen LogP contribution is 2.30. The average Bonchev–Trinajstić information content (AvgIpc) is 2.89. The van der Waals surface area contributed by atoms with Crippen molar-refractivity contribution in [1.29, 1.82) is 0 Å². The maximum absolute atomic E-state index is 12.9. The van der Waals surface area contributed by atoms with Crippen molar-refractivity contribution in [3.8, 4) is 5.75 Å². The number of pyridine rings is 1. The van der Waals surface area contributed by atoms with E-state index in [2.05, 4.69) is 22.0 Å². The van der Waals surface area contributed by atoms with Crippen LogP contribution in [0.1, 0.15) is 47.7 Å². The van der Waals surface area contributed by atoms with Crippen LogP contribution in [0.25, 0.3) is 0 Å². The SMILES string of the molecule is O=C1c2cc(Cl)ccc2OC=C(Cl)N1CCCCN1CCCC(c2ccccn2)C1. The molecule has 1 amide bonds. The lowest BCUT2D eigenvalue weighted by molar-refractivity contribution is 0.0814. The molecule has 5 nitrogen and oxygen atoms in total. The minimum absolute atomic E-state index is 0.181. The molecule has 1 saturated heterocycles. The molecule has 0 bridgehead atoms. The van der Waals surface area contributed by atoms with Gasteiger partial charge in [-0.1, -0.05) is 29.3 Å². The summed E-state index contributed by atoms with van der Waals surface area (Å²) in [5.74, 6) is 0.793. The number of piperidine rings is 1. The molecular formula is C23H25Cl2N3O2. The third kappa shape index (κ3) is 4.97. The van der Waals surface area contributed by atoms with Crippen LogP contribution in [-0.4, -0.2) is 46.9 Å². The molecule has 30 heavy (non-hydrogen) atoms. The number of hydrogen-bond acceptors (Lipinski definition) is 4. The first-order chi connectivity index (χ1) is 14.6. The molecule has 1 fully saturated rings. The van der Waals surface area contributed by atoms with Crippen LogP contribution in [0.2, 0.25) is 5.02 Å². The summed E-state index contributed by atoms with van der Waals surface area (Å²) in [7, 11) is 0. The van der Waals surface area contributed by atoms with Crippen molar-refractivity contribution in [3.05, 3.63) is 70.3 Å². The number of nitrogens with zero attached hydrogens (tertiary/aromatic N) is 3. The van der Waals surface area contributed by atoms with Gasteiger partial charge in [0.25, 0.3) is 5.91 Å². The van der Waals surface area contributed by atoms with E-state index >= 15 is 0 Å². The van der Waals surface area contributed by atoms with Crippen LogP contribution in [-0.2, 0) is 0 Å². The fraction of sp³-hybridized carbons (Fsp3) is 0.391. The molecule has 0 radical (unpaired) electrons. The molecule has 0 N–H and O–H groups in total. The van der Waals surface area contributed by atoms with Gasteiger partial charge in [-0.15, -0.1) is 0 Å². The van der Waals surface area contributed by atoms with E-state index in [1.807, 2.05) is 12.3 Å². The number of fused-ring (bicyclic) bond motifs is 1. The number of rotatable bonds is 6. The minimum Gasteiger partial charge on any atom is -0.461 e. The predicted molar refractivity (Wildman–Crippen MR) is 119 cm³/mol. The third-order valence-corrected chi connectivity index (χ3v) is 6.20. The van der Waals surface area contributed by atoms with Gasteiger partial charge in [0, 0.05) is 35.9 Å². The Hall–Kier alpha value is -2.08. The van der Waals surface area contributed by atoms with Crippen molar-refractivity contribution in [2.75, 3.05) is 26.2 Å². The second-order valence-corrected chi connectivity index (χ2v) is 8.58. The highest BCUT2D eigenvalue weighted by atomic mass is 35.5. The van der Waals surface area contributed by atoms with E-state index in [0.29, 0.717) is 34.0 Å². The van der Waals surface area contributed by atoms with Gasteiger partial charge in [0.15, 0.2) is 0 Å².